The van der Waals surface area contributed by atoms with E-state index in [0.717, 1.165) is 6.42 Å². The molecule has 0 saturated heterocycles. The van der Waals surface area contributed by atoms with Crippen molar-refractivity contribution in [2.24, 2.45) is 0 Å². The first-order valence-corrected chi connectivity index (χ1v) is 28.6. The monoisotopic (exact) mass is 977 g/mol. The SMILES string of the molecule is CC(C)(C)c1ccc(N2C3=C(B4c5cc6c(cc5N(c5cc7c(cc5-c5ccccc5)C(C)(C)CCC7(C)C)c5cc(C(C)(C)C)cc2c54)C(C)(C)CCC6(C)C)c2cc4c(cc2C3)C(C)(C)CCC4(C)C)cc1. The van der Waals surface area contributed by atoms with E-state index >= 15 is 0 Å². The van der Waals surface area contributed by atoms with Crippen LogP contribution < -0.4 is 20.7 Å². The molecule has 0 radical (unpaired) electrons. The highest BCUT2D eigenvalue weighted by Gasteiger charge is 2.51. The number of benzene rings is 6. The van der Waals surface area contributed by atoms with Crippen LogP contribution in [0, 0.1) is 0 Å². The van der Waals surface area contributed by atoms with Crippen LogP contribution in [-0.2, 0) is 49.7 Å². The average Bonchev–Trinajstić information content (AvgIpc) is 3.70. The third-order valence-electron chi connectivity index (χ3n) is 20.2. The van der Waals surface area contributed by atoms with Crippen molar-refractivity contribution in [1.29, 1.82) is 0 Å². The Morgan fingerprint density at radius 3 is 1.34 bits per heavy atom. The lowest BCUT2D eigenvalue weighted by Gasteiger charge is -2.49. The van der Waals surface area contributed by atoms with Gasteiger partial charge in [0.05, 0.1) is 5.69 Å². The summed E-state index contributed by atoms with van der Waals surface area (Å²) in [6.07, 6.45) is 8.01. The fourth-order valence-electron chi connectivity index (χ4n) is 14.8. The van der Waals surface area contributed by atoms with Crippen molar-refractivity contribution in [2.45, 2.75) is 213 Å². The van der Waals surface area contributed by atoms with E-state index in [1.165, 1.54) is 145 Å². The van der Waals surface area contributed by atoms with Gasteiger partial charge in [0.15, 0.2) is 0 Å². The predicted octanol–water partition coefficient (Wildman–Crippen LogP) is 18.0. The van der Waals surface area contributed by atoms with Crippen molar-refractivity contribution in [1.82, 2.24) is 0 Å². The van der Waals surface area contributed by atoms with Crippen LogP contribution in [0.25, 0.3) is 16.6 Å². The number of nitrogens with zero attached hydrogens (tertiary/aromatic N) is 2. The molecule has 4 aliphatic carbocycles. The molecule has 382 valence electrons. The van der Waals surface area contributed by atoms with Gasteiger partial charge in [-0.05, 0) is 202 Å². The van der Waals surface area contributed by atoms with Gasteiger partial charge in [0.1, 0.15) is 0 Å². The second-order valence-electron chi connectivity index (χ2n) is 30.2. The van der Waals surface area contributed by atoms with Gasteiger partial charge in [0.25, 0.3) is 6.71 Å². The normalized spacial score (nSPS) is 21.0. The molecular formula is C71H85BN2. The lowest BCUT2D eigenvalue weighted by molar-refractivity contribution is 0.331. The standard InChI is InChI=1S/C71H85BN2/c1-64(2,3)45-24-26-47(27-25-45)73-59-35-44-34-50-52(68(11,12)29-28-66(50,7)8)39-49(44)62(59)72-56-40-53-55(71(17,18)33-31-69(53,13)14)42-58(56)74(61-37-46(65(4,5)6)36-60(73)63(61)72)57-41-54-51(67(9,10)30-32-70(54,15)16)38-48(57)43-22-20-19-21-23-43/h19-27,34,36-42H,28-33,35H2,1-18H3. The first-order chi connectivity index (χ1) is 34.4. The van der Waals surface area contributed by atoms with Gasteiger partial charge in [-0.1, -0.05) is 185 Å². The van der Waals surface area contributed by atoms with Gasteiger partial charge in [-0.25, -0.2) is 0 Å². The Hall–Kier alpha value is -5.28. The summed E-state index contributed by atoms with van der Waals surface area (Å²) >= 11 is 0. The van der Waals surface area contributed by atoms with Gasteiger partial charge in [-0.15, -0.1) is 0 Å². The average molecular weight is 977 g/mol. The van der Waals surface area contributed by atoms with Gasteiger partial charge >= 0.3 is 0 Å². The van der Waals surface area contributed by atoms with Gasteiger partial charge in [-0.2, -0.15) is 0 Å². The molecule has 0 aromatic heterocycles. The highest BCUT2D eigenvalue weighted by molar-refractivity contribution is 7.03. The third kappa shape index (κ3) is 7.37. The molecule has 6 aliphatic rings. The number of allylic oxidation sites excluding steroid dienone is 1. The molecule has 6 aromatic rings. The molecule has 0 spiro atoms. The van der Waals surface area contributed by atoms with Crippen LogP contribution in [0.4, 0.5) is 28.4 Å². The third-order valence-corrected chi connectivity index (χ3v) is 20.2. The van der Waals surface area contributed by atoms with Crippen molar-refractivity contribution in [3.63, 3.8) is 0 Å². The van der Waals surface area contributed by atoms with E-state index in [-0.39, 0.29) is 50.0 Å². The molecule has 0 saturated carbocycles. The smallest absolute Gasteiger partial charge is 0.252 e. The summed E-state index contributed by atoms with van der Waals surface area (Å²) in [5, 5.41) is 0. The number of fused-ring (bicyclic) bond motifs is 8. The van der Waals surface area contributed by atoms with Gasteiger partial charge < -0.3 is 9.80 Å². The van der Waals surface area contributed by atoms with Crippen LogP contribution in [0.1, 0.15) is 219 Å². The Morgan fingerprint density at radius 1 is 0.405 bits per heavy atom. The Morgan fingerprint density at radius 2 is 0.838 bits per heavy atom. The highest BCUT2D eigenvalue weighted by Crippen LogP contribution is 2.58. The van der Waals surface area contributed by atoms with Crippen molar-refractivity contribution < 1.29 is 0 Å². The Labute approximate surface area is 447 Å². The second kappa shape index (κ2) is 15.7. The molecule has 0 amide bonds. The van der Waals surface area contributed by atoms with E-state index in [1.807, 2.05) is 0 Å². The van der Waals surface area contributed by atoms with Crippen LogP contribution in [0.2, 0.25) is 0 Å². The van der Waals surface area contributed by atoms with Crippen LogP contribution >= 0.6 is 0 Å². The van der Waals surface area contributed by atoms with E-state index in [9.17, 15) is 0 Å². The van der Waals surface area contributed by atoms with Gasteiger partial charge in [0.2, 0.25) is 0 Å². The number of hydrogen-bond acceptors (Lipinski definition) is 2. The second-order valence-corrected chi connectivity index (χ2v) is 30.2. The molecule has 74 heavy (non-hydrogen) atoms. The zero-order chi connectivity index (χ0) is 52.8. The minimum Gasteiger partial charge on any atom is -0.315 e. The predicted molar refractivity (Wildman–Crippen MR) is 320 cm³/mol. The molecular weight excluding hydrogens is 892 g/mol. The molecule has 2 aliphatic heterocycles. The summed E-state index contributed by atoms with van der Waals surface area (Å²) in [4.78, 5) is 5.58. The van der Waals surface area contributed by atoms with Crippen molar-refractivity contribution in [3.8, 4) is 11.1 Å². The minimum absolute atomic E-state index is 0.0231. The summed E-state index contributed by atoms with van der Waals surface area (Å²) in [6, 6.07) is 42.6. The maximum atomic E-state index is 2.82. The molecule has 6 aromatic carbocycles. The molecule has 0 fully saturated rings. The molecule has 0 N–H and O–H groups in total. The van der Waals surface area contributed by atoms with Crippen LogP contribution in [0.15, 0.2) is 109 Å². The van der Waals surface area contributed by atoms with Crippen molar-refractivity contribution in [2.75, 3.05) is 9.80 Å². The van der Waals surface area contributed by atoms with Crippen LogP contribution in [0.3, 0.4) is 0 Å². The highest BCUT2D eigenvalue weighted by atomic mass is 15.2. The Kier molecular flexibility index (Phi) is 10.5. The topological polar surface area (TPSA) is 6.48 Å². The summed E-state index contributed by atoms with van der Waals surface area (Å²) in [7, 11) is 0. The summed E-state index contributed by atoms with van der Waals surface area (Å²) in [5.74, 6) is 0. The first-order valence-electron chi connectivity index (χ1n) is 28.6. The fourth-order valence-corrected chi connectivity index (χ4v) is 14.8. The lowest BCUT2D eigenvalue weighted by Crippen LogP contribution is -2.56. The number of anilines is 5. The maximum Gasteiger partial charge on any atom is 0.252 e. The number of rotatable bonds is 3. The first kappa shape index (κ1) is 49.6. The molecule has 0 bridgehead atoms. The maximum absolute atomic E-state index is 2.82. The Bertz CT molecular complexity index is 3370. The van der Waals surface area contributed by atoms with E-state index in [2.05, 4.69) is 238 Å². The van der Waals surface area contributed by atoms with E-state index < -0.39 is 0 Å². The molecule has 12 rings (SSSR count). The van der Waals surface area contributed by atoms with Crippen LogP contribution in [-0.4, -0.2) is 6.71 Å². The van der Waals surface area contributed by atoms with Crippen molar-refractivity contribution in [3.05, 3.63) is 164 Å². The molecule has 3 heteroatoms. The van der Waals surface area contributed by atoms with Gasteiger partial charge in [0, 0.05) is 40.4 Å². The zero-order valence-electron chi connectivity index (χ0n) is 48.7. The van der Waals surface area contributed by atoms with Gasteiger partial charge in [-0.3, -0.25) is 0 Å². The molecule has 0 atom stereocenters. The lowest BCUT2D eigenvalue weighted by atomic mass is 9.32. The summed E-state index contributed by atoms with van der Waals surface area (Å²) in [5.41, 5.74) is 30.2. The van der Waals surface area contributed by atoms with E-state index in [1.54, 1.807) is 11.1 Å². The van der Waals surface area contributed by atoms with Crippen molar-refractivity contribution >= 4 is 51.5 Å². The minimum atomic E-state index is -0.121. The molecule has 2 heterocycles. The molecule has 0 unspecified atom stereocenters. The summed E-state index contributed by atoms with van der Waals surface area (Å²) < 4.78 is 0. The zero-order valence-corrected chi connectivity index (χ0v) is 48.7. The molecule has 2 nitrogen and oxygen atoms in total. The van der Waals surface area contributed by atoms with E-state index in [4.69, 9.17) is 0 Å². The summed E-state index contributed by atoms with van der Waals surface area (Å²) in [6.45, 7) is 44.5. The van der Waals surface area contributed by atoms with Crippen LogP contribution in [0.5, 0.6) is 0 Å². The number of hydrogen-bond donors (Lipinski definition) is 0. The van der Waals surface area contributed by atoms with E-state index in [0.29, 0.717) is 0 Å². The largest absolute Gasteiger partial charge is 0.315 e. The quantitative estimate of drug-likeness (QED) is 0.163. The fraction of sp³-hybridized carbons (Fsp3) is 0.465. The Balaban J connectivity index is 1.26.